The molecule has 0 aromatic rings. The lowest BCUT2D eigenvalue weighted by molar-refractivity contribution is -0.151. The molecule has 12 heavy (non-hydrogen) atoms. The van der Waals surface area contributed by atoms with Gasteiger partial charge < -0.3 is 9.84 Å². The summed E-state index contributed by atoms with van der Waals surface area (Å²) in [6, 6.07) is 0. The minimum absolute atomic E-state index is 0.200. The number of Topliss-reactive ketones (excluding diaryl/α,β-unsaturated/α-hetero) is 1. The Morgan fingerprint density at radius 1 is 1.58 bits per heavy atom. The van der Waals surface area contributed by atoms with Crippen molar-refractivity contribution in [1.82, 2.24) is 0 Å². The summed E-state index contributed by atoms with van der Waals surface area (Å²) in [6.07, 6.45) is -0.600. The Kier molecular flexibility index (Phi) is 1.33. The van der Waals surface area contributed by atoms with Crippen molar-refractivity contribution >= 4 is 11.8 Å². The van der Waals surface area contributed by atoms with E-state index < -0.39 is 23.6 Å². The summed E-state index contributed by atoms with van der Waals surface area (Å²) in [5, 5.41) is 9.54. The van der Waals surface area contributed by atoms with E-state index in [9.17, 15) is 14.7 Å². The van der Waals surface area contributed by atoms with Gasteiger partial charge in [0.05, 0.1) is 0 Å². The van der Waals surface area contributed by atoms with E-state index in [4.69, 9.17) is 4.74 Å². The van der Waals surface area contributed by atoms with Gasteiger partial charge in [-0.15, -0.1) is 0 Å². The topological polar surface area (TPSA) is 63.6 Å². The second kappa shape index (κ2) is 2.07. The minimum atomic E-state index is -1.27. The molecule has 0 unspecified atom stereocenters. The Hall–Kier alpha value is -0.900. The molecule has 2 fully saturated rings. The zero-order valence-corrected chi connectivity index (χ0v) is 6.74. The first-order valence-electron chi connectivity index (χ1n) is 3.99. The van der Waals surface area contributed by atoms with E-state index in [-0.39, 0.29) is 5.78 Å². The van der Waals surface area contributed by atoms with Crippen LogP contribution in [0.25, 0.3) is 0 Å². The van der Waals surface area contributed by atoms with Gasteiger partial charge >= 0.3 is 5.97 Å². The van der Waals surface area contributed by atoms with Gasteiger partial charge in [-0.1, -0.05) is 0 Å². The average Bonchev–Trinajstić information content (AvgIpc) is 2.17. The Morgan fingerprint density at radius 3 is 2.83 bits per heavy atom. The Labute approximate surface area is 69.5 Å². The van der Waals surface area contributed by atoms with E-state index in [1.807, 2.05) is 0 Å². The third-order valence-electron chi connectivity index (χ3n) is 2.86. The summed E-state index contributed by atoms with van der Waals surface area (Å²) in [4.78, 5) is 22.5. The number of hydrogen-bond acceptors (Lipinski definition) is 4. The van der Waals surface area contributed by atoms with Crippen LogP contribution in [-0.4, -0.2) is 29.1 Å². The van der Waals surface area contributed by atoms with Crippen LogP contribution in [0.3, 0.4) is 0 Å². The van der Waals surface area contributed by atoms with Gasteiger partial charge in [0, 0.05) is 6.42 Å². The predicted octanol–water partition coefficient (Wildman–Crippen LogP) is -0.358. The molecule has 4 nitrogen and oxygen atoms in total. The minimum Gasteiger partial charge on any atom is -0.459 e. The fourth-order valence-electron chi connectivity index (χ4n) is 1.85. The van der Waals surface area contributed by atoms with E-state index in [1.54, 1.807) is 0 Å². The first kappa shape index (κ1) is 7.73. The highest BCUT2D eigenvalue weighted by Crippen LogP contribution is 2.41. The van der Waals surface area contributed by atoms with E-state index in [2.05, 4.69) is 0 Å². The lowest BCUT2D eigenvalue weighted by Gasteiger charge is -2.27. The van der Waals surface area contributed by atoms with Crippen molar-refractivity contribution in [3.63, 3.8) is 0 Å². The van der Waals surface area contributed by atoms with Crippen LogP contribution < -0.4 is 0 Å². The number of hydrogen-bond donors (Lipinski definition) is 1. The zero-order valence-electron chi connectivity index (χ0n) is 6.74. The predicted molar refractivity (Wildman–Crippen MR) is 38.2 cm³/mol. The van der Waals surface area contributed by atoms with Gasteiger partial charge in [-0.05, 0) is 13.3 Å². The molecule has 0 spiro atoms. The number of carbonyl (C=O) groups is 2. The van der Waals surface area contributed by atoms with Crippen LogP contribution in [-0.2, 0) is 14.3 Å². The van der Waals surface area contributed by atoms with Crippen molar-refractivity contribution in [2.75, 3.05) is 0 Å². The number of esters is 1. The molecule has 0 aromatic carbocycles. The van der Waals surface area contributed by atoms with Crippen LogP contribution in [0.15, 0.2) is 0 Å². The molecule has 2 bridgehead atoms. The highest BCUT2D eigenvalue weighted by Gasteiger charge is 2.60. The molecular weight excluding hydrogens is 160 g/mol. The number of rotatable bonds is 0. The van der Waals surface area contributed by atoms with Crippen LogP contribution in [0.2, 0.25) is 0 Å². The quantitative estimate of drug-likeness (QED) is 0.398. The number of ketones is 1. The molecule has 66 valence electrons. The third kappa shape index (κ3) is 0.659. The second-order valence-corrected chi connectivity index (χ2v) is 3.55. The van der Waals surface area contributed by atoms with E-state index >= 15 is 0 Å². The van der Waals surface area contributed by atoms with Gasteiger partial charge in [-0.25, -0.2) is 0 Å². The number of carbonyl (C=O) groups excluding carboxylic acids is 2. The molecule has 0 aromatic heterocycles. The number of aliphatic hydroxyl groups is 1. The maximum Gasteiger partial charge on any atom is 0.322 e. The van der Waals surface area contributed by atoms with E-state index in [0.717, 1.165) is 0 Å². The first-order valence-corrected chi connectivity index (χ1v) is 3.99. The second-order valence-electron chi connectivity index (χ2n) is 3.55. The summed E-state index contributed by atoms with van der Waals surface area (Å²) in [5.41, 5.74) is -1.27. The molecule has 2 rings (SSSR count). The van der Waals surface area contributed by atoms with Gasteiger partial charge in [0.1, 0.15) is 12.2 Å². The van der Waals surface area contributed by atoms with Gasteiger partial charge in [-0.3, -0.25) is 9.59 Å². The molecule has 2 aliphatic rings. The highest BCUT2D eigenvalue weighted by molar-refractivity contribution is 6.06. The molecular formula is C8H10O4. The molecule has 3 atom stereocenters. The van der Waals surface area contributed by atoms with Crippen molar-refractivity contribution in [2.24, 2.45) is 5.41 Å². The maximum absolute atomic E-state index is 11.3. The molecule has 0 amide bonds. The van der Waals surface area contributed by atoms with Crippen LogP contribution >= 0.6 is 0 Å². The Balaban J connectivity index is 2.45. The Bertz CT molecular complexity index is 250. The van der Waals surface area contributed by atoms with Gasteiger partial charge in [0.15, 0.2) is 11.2 Å². The largest absolute Gasteiger partial charge is 0.459 e. The molecule has 1 aliphatic heterocycles. The standard InChI is InChI=1S/C8H10O4/c1-8-5(9)3-2-4(6(8)10)12-7(8)11/h4,6,10H,2-3H2,1H3/t4-,6+,8+/m1/s1. The maximum atomic E-state index is 11.3. The molecule has 4 heteroatoms. The van der Waals surface area contributed by atoms with Crippen LogP contribution in [0.4, 0.5) is 0 Å². The average molecular weight is 170 g/mol. The van der Waals surface area contributed by atoms with Crippen LogP contribution in [0.1, 0.15) is 19.8 Å². The first-order chi connectivity index (χ1) is 5.56. The molecule has 1 saturated carbocycles. The van der Waals surface area contributed by atoms with Crippen molar-refractivity contribution in [1.29, 1.82) is 0 Å². The summed E-state index contributed by atoms with van der Waals surface area (Å²) in [5.74, 6) is -0.767. The summed E-state index contributed by atoms with van der Waals surface area (Å²) in [7, 11) is 0. The van der Waals surface area contributed by atoms with Crippen LogP contribution in [0.5, 0.6) is 0 Å². The highest BCUT2D eigenvalue weighted by atomic mass is 16.6. The molecule has 0 radical (unpaired) electrons. The van der Waals surface area contributed by atoms with E-state index in [1.165, 1.54) is 6.92 Å². The van der Waals surface area contributed by atoms with Crippen LogP contribution in [0, 0.1) is 5.41 Å². The fraction of sp³-hybridized carbons (Fsp3) is 0.750. The van der Waals surface area contributed by atoms with Gasteiger partial charge in [0.25, 0.3) is 0 Å². The lowest BCUT2D eigenvalue weighted by Crippen LogP contribution is -2.46. The third-order valence-corrected chi connectivity index (χ3v) is 2.86. The number of aliphatic hydroxyl groups excluding tert-OH is 1. The molecule has 1 heterocycles. The lowest BCUT2D eigenvalue weighted by atomic mass is 9.73. The summed E-state index contributed by atoms with van der Waals surface area (Å²) >= 11 is 0. The van der Waals surface area contributed by atoms with Crippen molar-refractivity contribution < 1.29 is 19.4 Å². The van der Waals surface area contributed by atoms with Gasteiger partial charge in [-0.2, -0.15) is 0 Å². The van der Waals surface area contributed by atoms with E-state index in [0.29, 0.717) is 12.8 Å². The smallest absolute Gasteiger partial charge is 0.322 e. The van der Waals surface area contributed by atoms with Crippen molar-refractivity contribution in [3.8, 4) is 0 Å². The van der Waals surface area contributed by atoms with Gasteiger partial charge in [0.2, 0.25) is 0 Å². The van der Waals surface area contributed by atoms with Crippen molar-refractivity contribution in [3.05, 3.63) is 0 Å². The summed E-state index contributed by atoms with van der Waals surface area (Å²) in [6.45, 7) is 1.46. The van der Waals surface area contributed by atoms with Crippen molar-refractivity contribution in [2.45, 2.75) is 32.0 Å². The molecule has 1 aliphatic carbocycles. The normalized spacial score (nSPS) is 46.2. The SMILES string of the molecule is C[C@@]12C(=O)CC[C@@H](OC1=O)[C@@H]2O. The number of ether oxygens (including phenoxy) is 1. The monoisotopic (exact) mass is 170 g/mol. The molecule has 1 saturated heterocycles. The summed E-state index contributed by atoms with van der Waals surface area (Å²) < 4.78 is 4.86. The number of fused-ring (bicyclic) bond motifs is 2. The fourth-order valence-corrected chi connectivity index (χ4v) is 1.85. The molecule has 1 N–H and O–H groups in total. The zero-order chi connectivity index (χ0) is 8.93. The Morgan fingerprint density at radius 2 is 2.25 bits per heavy atom.